The van der Waals surface area contributed by atoms with Crippen molar-refractivity contribution < 1.29 is 18.0 Å². The summed E-state index contributed by atoms with van der Waals surface area (Å²) in [6, 6.07) is 15.8. The molecule has 0 radical (unpaired) electrons. The van der Waals surface area contributed by atoms with Crippen molar-refractivity contribution in [1.82, 2.24) is 15.0 Å². The second kappa shape index (κ2) is 11.8. The van der Waals surface area contributed by atoms with Gasteiger partial charge in [-0.3, -0.25) is 4.79 Å². The molecule has 2 aromatic carbocycles. The fourth-order valence-corrected chi connectivity index (χ4v) is 5.26. The number of hydrogen-bond donors (Lipinski definition) is 2. The number of pyridine rings is 1. The Hall–Kier alpha value is -3.28. The Morgan fingerprint density at radius 1 is 1.14 bits per heavy atom. The highest BCUT2D eigenvalue weighted by molar-refractivity contribution is 7.91. The lowest BCUT2D eigenvalue weighted by atomic mass is 10.0. The number of anilines is 2. The second-order valence-electron chi connectivity index (χ2n) is 8.46. The number of amides is 3. The normalized spacial score (nSPS) is 13.2. The molecule has 3 aromatic rings. The van der Waals surface area contributed by atoms with Crippen LogP contribution in [0.25, 0.3) is 0 Å². The summed E-state index contributed by atoms with van der Waals surface area (Å²) in [5.41, 5.74) is 2.97. The average Bonchev–Trinajstić information content (AvgIpc) is 3.30. The standard InChI is InChI=1S/C25H26ClN5O4S.H2S/c1-17-15-20(10-11-21(17)26)30(2)24(32)22(16-18-7-4-3-5-8-18)28-25(33)29-36(34,35)31-14-12-19-9-6-13-27-23(19)31;/h3-11,13,15,22H,12,14,16H2,1-2H3,(H2,28,29,33);1H2/t22-;/m0./s1. The number of nitrogens with one attached hydrogen (secondary N) is 2. The van der Waals surface area contributed by atoms with Gasteiger partial charge in [0.1, 0.15) is 11.9 Å². The van der Waals surface area contributed by atoms with Gasteiger partial charge in [0, 0.05) is 36.9 Å². The van der Waals surface area contributed by atoms with E-state index in [4.69, 9.17) is 11.6 Å². The van der Waals surface area contributed by atoms with Gasteiger partial charge < -0.3 is 10.2 Å². The number of carbonyl (C=O) groups excluding carboxylic acids is 2. The lowest BCUT2D eigenvalue weighted by molar-refractivity contribution is -0.120. The quantitative estimate of drug-likeness (QED) is 0.459. The molecule has 1 aliphatic heterocycles. The first-order chi connectivity index (χ1) is 17.2. The first kappa shape index (κ1) is 28.3. The zero-order valence-corrected chi connectivity index (χ0v) is 22.9. The highest BCUT2D eigenvalue weighted by Gasteiger charge is 2.33. The molecule has 0 spiro atoms. The minimum atomic E-state index is -4.23. The number of nitrogens with zero attached hydrogens (tertiary/aromatic N) is 3. The fourth-order valence-electron chi connectivity index (χ4n) is 4.02. The number of urea groups is 1. The summed E-state index contributed by atoms with van der Waals surface area (Å²) in [5.74, 6) is -0.131. The van der Waals surface area contributed by atoms with Crippen LogP contribution in [0.3, 0.4) is 0 Å². The Morgan fingerprint density at radius 3 is 2.57 bits per heavy atom. The maximum absolute atomic E-state index is 13.4. The van der Waals surface area contributed by atoms with Crippen molar-refractivity contribution in [1.29, 1.82) is 0 Å². The lowest BCUT2D eigenvalue weighted by Gasteiger charge is -2.26. The first-order valence-corrected chi connectivity index (χ1v) is 13.1. The lowest BCUT2D eigenvalue weighted by Crippen LogP contribution is -2.54. The van der Waals surface area contributed by atoms with Crippen LogP contribution in [0.4, 0.5) is 16.3 Å². The molecule has 2 heterocycles. The summed E-state index contributed by atoms with van der Waals surface area (Å²) in [6.45, 7) is 1.99. The largest absolute Gasteiger partial charge is 0.330 e. The van der Waals surface area contributed by atoms with Crippen LogP contribution in [0.2, 0.25) is 5.02 Å². The van der Waals surface area contributed by atoms with Crippen LogP contribution >= 0.6 is 25.1 Å². The Kier molecular flexibility index (Phi) is 9.06. The molecule has 9 nitrogen and oxygen atoms in total. The maximum atomic E-state index is 13.4. The zero-order valence-electron chi connectivity index (χ0n) is 20.3. The van der Waals surface area contributed by atoms with E-state index in [0.717, 1.165) is 21.0 Å². The summed E-state index contributed by atoms with van der Waals surface area (Å²) in [7, 11) is -2.64. The van der Waals surface area contributed by atoms with Crippen molar-refractivity contribution in [2.45, 2.75) is 25.8 Å². The molecule has 2 N–H and O–H groups in total. The summed E-state index contributed by atoms with van der Waals surface area (Å²) in [4.78, 5) is 31.8. The molecule has 0 unspecified atom stereocenters. The molecule has 0 saturated carbocycles. The van der Waals surface area contributed by atoms with E-state index in [0.29, 0.717) is 17.1 Å². The molecule has 1 aliphatic rings. The van der Waals surface area contributed by atoms with Crippen molar-refractivity contribution in [3.63, 3.8) is 0 Å². The van der Waals surface area contributed by atoms with Gasteiger partial charge in [-0.15, -0.1) is 0 Å². The summed E-state index contributed by atoms with van der Waals surface area (Å²) < 4.78 is 29.0. The molecule has 1 atom stereocenters. The number of fused-ring (bicyclic) bond motifs is 1. The third kappa shape index (κ3) is 6.54. The van der Waals surface area contributed by atoms with Gasteiger partial charge in [-0.05, 0) is 54.3 Å². The van der Waals surface area contributed by atoms with E-state index in [9.17, 15) is 18.0 Å². The number of benzene rings is 2. The molecular weight excluding hydrogens is 534 g/mol. The van der Waals surface area contributed by atoms with Crippen molar-refractivity contribution in [3.05, 3.63) is 88.6 Å². The summed E-state index contributed by atoms with van der Waals surface area (Å²) in [6.07, 6.45) is 2.15. The molecule has 12 heteroatoms. The highest BCUT2D eigenvalue weighted by Crippen LogP contribution is 2.27. The highest BCUT2D eigenvalue weighted by atomic mass is 35.5. The van der Waals surface area contributed by atoms with Crippen LogP contribution < -0.4 is 19.2 Å². The van der Waals surface area contributed by atoms with Gasteiger partial charge >= 0.3 is 16.2 Å². The molecule has 0 fully saturated rings. The molecular formula is C25H28ClN5O4S2. The summed E-state index contributed by atoms with van der Waals surface area (Å²) in [5, 5.41) is 3.12. The number of rotatable bonds is 7. The molecule has 0 aliphatic carbocycles. The second-order valence-corrected chi connectivity index (χ2v) is 10.5. The van der Waals surface area contributed by atoms with Crippen LogP contribution in [-0.2, 0) is 27.8 Å². The average molecular weight is 562 g/mol. The zero-order chi connectivity index (χ0) is 25.9. The SMILES string of the molecule is Cc1cc(N(C)C(=O)[C@H](Cc2ccccc2)NC(=O)NS(=O)(=O)N2CCc3cccnc32)ccc1Cl.S. The predicted molar refractivity (Wildman–Crippen MR) is 150 cm³/mol. The monoisotopic (exact) mass is 561 g/mol. The number of halogens is 1. The number of hydrogen-bond acceptors (Lipinski definition) is 5. The number of likely N-dealkylation sites (N-methyl/N-ethyl adjacent to an activating group) is 1. The van der Waals surface area contributed by atoms with Crippen LogP contribution in [0, 0.1) is 6.92 Å². The molecule has 196 valence electrons. The third-order valence-corrected chi connectivity index (χ3v) is 7.75. The van der Waals surface area contributed by atoms with Crippen molar-refractivity contribution in [2.24, 2.45) is 0 Å². The molecule has 1 aromatic heterocycles. The predicted octanol–water partition coefficient (Wildman–Crippen LogP) is 3.34. The Bertz CT molecular complexity index is 1390. The first-order valence-electron chi connectivity index (χ1n) is 11.3. The van der Waals surface area contributed by atoms with Gasteiger partial charge in [0.05, 0.1) is 0 Å². The summed E-state index contributed by atoms with van der Waals surface area (Å²) >= 11 is 6.12. The minimum Gasteiger partial charge on any atom is -0.325 e. The number of carbonyl (C=O) groups is 2. The number of aromatic nitrogens is 1. The van der Waals surface area contributed by atoms with E-state index < -0.39 is 28.2 Å². The van der Waals surface area contributed by atoms with Gasteiger partial charge in [-0.25, -0.2) is 18.8 Å². The van der Waals surface area contributed by atoms with Gasteiger partial charge in [-0.1, -0.05) is 48.0 Å². The third-order valence-electron chi connectivity index (χ3n) is 5.95. The fraction of sp³-hybridized carbons (Fsp3) is 0.240. The van der Waals surface area contributed by atoms with Gasteiger partial charge in [0.15, 0.2) is 0 Å². The van der Waals surface area contributed by atoms with Crippen LogP contribution in [0.1, 0.15) is 16.7 Å². The molecule has 3 amide bonds. The molecule has 0 saturated heterocycles. The topological polar surface area (TPSA) is 112 Å². The Morgan fingerprint density at radius 2 is 1.86 bits per heavy atom. The van der Waals surface area contributed by atoms with Crippen molar-refractivity contribution in [3.8, 4) is 0 Å². The Balaban J connectivity index is 0.00000380. The Labute approximate surface area is 228 Å². The van der Waals surface area contributed by atoms with E-state index in [1.54, 1.807) is 37.4 Å². The maximum Gasteiger partial charge on any atom is 0.330 e. The molecule has 37 heavy (non-hydrogen) atoms. The van der Waals surface area contributed by atoms with Gasteiger partial charge in [-0.2, -0.15) is 21.9 Å². The van der Waals surface area contributed by atoms with Crippen LogP contribution in [0.15, 0.2) is 66.9 Å². The van der Waals surface area contributed by atoms with Crippen molar-refractivity contribution in [2.75, 3.05) is 22.8 Å². The van der Waals surface area contributed by atoms with Crippen LogP contribution in [0.5, 0.6) is 0 Å². The van der Waals surface area contributed by atoms with E-state index in [-0.39, 0.29) is 32.3 Å². The van der Waals surface area contributed by atoms with Crippen LogP contribution in [-0.4, -0.2) is 45.0 Å². The van der Waals surface area contributed by atoms with E-state index >= 15 is 0 Å². The van der Waals surface area contributed by atoms with Gasteiger partial charge in [0.25, 0.3) is 0 Å². The van der Waals surface area contributed by atoms with E-state index in [1.165, 1.54) is 11.1 Å². The molecule has 0 bridgehead atoms. The minimum absolute atomic E-state index is 0. The smallest absolute Gasteiger partial charge is 0.325 e. The van der Waals surface area contributed by atoms with E-state index in [2.05, 4.69) is 10.3 Å². The molecule has 4 rings (SSSR count). The van der Waals surface area contributed by atoms with Gasteiger partial charge in [0.2, 0.25) is 5.91 Å². The number of aryl methyl sites for hydroxylation is 1. The van der Waals surface area contributed by atoms with E-state index in [1.807, 2.05) is 42.0 Å². The van der Waals surface area contributed by atoms with Crippen molar-refractivity contribution >= 4 is 58.7 Å².